The van der Waals surface area contributed by atoms with Gasteiger partial charge >= 0.3 is 6.01 Å². The number of morpholine rings is 1. The summed E-state index contributed by atoms with van der Waals surface area (Å²) >= 11 is 0. The van der Waals surface area contributed by atoms with Gasteiger partial charge in [-0.05, 0) is 12.1 Å². The first-order valence-corrected chi connectivity index (χ1v) is 9.10. The fourth-order valence-electron chi connectivity index (χ4n) is 2.76. The minimum atomic E-state index is -0.375. The van der Waals surface area contributed by atoms with E-state index in [-0.39, 0.29) is 24.2 Å². The van der Waals surface area contributed by atoms with Crippen molar-refractivity contribution >= 4 is 11.9 Å². The van der Waals surface area contributed by atoms with Gasteiger partial charge in [0.1, 0.15) is 0 Å². The summed E-state index contributed by atoms with van der Waals surface area (Å²) in [4.78, 5) is 28.8. The highest BCUT2D eigenvalue weighted by atomic mass is 16.5. The zero-order chi connectivity index (χ0) is 20.1. The highest BCUT2D eigenvalue weighted by Gasteiger charge is 2.18. The average molecular weight is 396 g/mol. The molecule has 1 amide bonds. The van der Waals surface area contributed by atoms with Gasteiger partial charge < -0.3 is 19.7 Å². The van der Waals surface area contributed by atoms with Crippen molar-refractivity contribution in [3.8, 4) is 11.7 Å². The Morgan fingerprint density at radius 1 is 1.17 bits per heavy atom. The highest BCUT2D eigenvalue weighted by molar-refractivity contribution is 5.91. The van der Waals surface area contributed by atoms with Crippen LogP contribution in [0.4, 0.5) is 5.95 Å². The standard InChI is InChI=1S/C18H20N8O3/c1-28-18-22-15(21-17(23-18)25-7-9-29-10-8-25)12-19-16(27)14-11-20-26(24-14)13-5-3-2-4-6-13/h2-6,11H,7-10,12H2,1H3,(H,19,27). The fourth-order valence-corrected chi connectivity index (χ4v) is 2.76. The van der Waals surface area contributed by atoms with Crippen molar-refractivity contribution in [1.29, 1.82) is 0 Å². The van der Waals surface area contributed by atoms with Crippen LogP contribution in [0.1, 0.15) is 16.3 Å². The van der Waals surface area contributed by atoms with Gasteiger partial charge in [0.2, 0.25) is 5.95 Å². The molecule has 1 aromatic carbocycles. The number of ether oxygens (including phenoxy) is 2. The number of amides is 1. The molecular weight excluding hydrogens is 376 g/mol. The van der Waals surface area contributed by atoms with Gasteiger partial charge in [0.15, 0.2) is 11.5 Å². The molecule has 0 aliphatic carbocycles. The number of aromatic nitrogens is 6. The van der Waals surface area contributed by atoms with E-state index in [1.54, 1.807) is 0 Å². The first kappa shape index (κ1) is 18.7. The molecule has 0 saturated carbocycles. The molecule has 0 unspecified atom stereocenters. The number of hydrogen-bond donors (Lipinski definition) is 1. The predicted molar refractivity (Wildman–Crippen MR) is 102 cm³/mol. The van der Waals surface area contributed by atoms with E-state index in [0.29, 0.717) is 38.1 Å². The number of nitrogens with zero attached hydrogens (tertiary/aromatic N) is 7. The van der Waals surface area contributed by atoms with Crippen molar-refractivity contribution in [3.63, 3.8) is 0 Å². The molecule has 1 aliphatic heterocycles. The molecule has 3 heterocycles. The largest absolute Gasteiger partial charge is 0.467 e. The number of carbonyl (C=O) groups excluding carboxylic acids is 1. The Morgan fingerprint density at radius 2 is 1.97 bits per heavy atom. The van der Waals surface area contributed by atoms with Crippen molar-refractivity contribution in [2.75, 3.05) is 38.3 Å². The smallest absolute Gasteiger partial charge is 0.321 e. The zero-order valence-corrected chi connectivity index (χ0v) is 15.9. The quantitative estimate of drug-likeness (QED) is 0.624. The summed E-state index contributed by atoms with van der Waals surface area (Å²) in [7, 11) is 1.49. The Morgan fingerprint density at radius 3 is 2.72 bits per heavy atom. The molecule has 1 aliphatic rings. The molecule has 0 spiro atoms. The van der Waals surface area contributed by atoms with Crippen LogP contribution in [0.3, 0.4) is 0 Å². The number of para-hydroxylation sites is 1. The number of hydrogen-bond acceptors (Lipinski definition) is 9. The highest BCUT2D eigenvalue weighted by Crippen LogP contribution is 2.14. The van der Waals surface area contributed by atoms with Crippen LogP contribution >= 0.6 is 0 Å². The Labute approximate surface area is 166 Å². The lowest BCUT2D eigenvalue weighted by Gasteiger charge is -2.26. The lowest BCUT2D eigenvalue weighted by atomic mass is 10.3. The lowest BCUT2D eigenvalue weighted by molar-refractivity contribution is 0.0944. The number of rotatable bonds is 6. The Kier molecular flexibility index (Phi) is 5.56. The number of nitrogens with one attached hydrogen (secondary N) is 1. The van der Waals surface area contributed by atoms with Crippen LogP contribution in [-0.4, -0.2) is 69.3 Å². The Hall–Kier alpha value is -3.60. The third kappa shape index (κ3) is 4.46. The van der Waals surface area contributed by atoms with Crippen LogP contribution in [0.25, 0.3) is 5.69 Å². The monoisotopic (exact) mass is 396 g/mol. The van der Waals surface area contributed by atoms with Crippen LogP contribution < -0.4 is 15.0 Å². The minimum absolute atomic E-state index is 0.104. The lowest BCUT2D eigenvalue weighted by Crippen LogP contribution is -2.37. The summed E-state index contributed by atoms with van der Waals surface area (Å²) in [6.07, 6.45) is 1.41. The SMILES string of the molecule is COc1nc(CNC(=O)c2cnn(-c3ccccc3)n2)nc(N2CCOCC2)n1. The first-order valence-electron chi connectivity index (χ1n) is 9.10. The zero-order valence-electron chi connectivity index (χ0n) is 15.9. The maximum Gasteiger partial charge on any atom is 0.321 e. The number of methoxy groups -OCH3 is 1. The fraction of sp³-hybridized carbons (Fsp3) is 0.333. The molecule has 1 saturated heterocycles. The van der Waals surface area contributed by atoms with Crippen LogP contribution in [0.2, 0.25) is 0 Å². The molecular formula is C18H20N8O3. The summed E-state index contributed by atoms with van der Waals surface area (Å²) in [5.74, 6) is 0.515. The summed E-state index contributed by atoms with van der Waals surface area (Å²) in [6, 6.07) is 9.55. The molecule has 11 heteroatoms. The second-order valence-corrected chi connectivity index (χ2v) is 6.18. The van der Waals surface area contributed by atoms with Gasteiger partial charge in [0, 0.05) is 13.1 Å². The van der Waals surface area contributed by atoms with Gasteiger partial charge in [-0.25, -0.2) is 0 Å². The van der Waals surface area contributed by atoms with Crippen molar-refractivity contribution < 1.29 is 14.3 Å². The van der Waals surface area contributed by atoms with E-state index in [1.807, 2.05) is 35.2 Å². The molecule has 0 bridgehead atoms. The minimum Gasteiger partial charge on any atom is -0.467 e. The van der Waals surface area contributed by atoms with Gasteiger partial charge in [0.25, 0.3) is 5.91 Å². The summed E-state index contributed by atoms with van der Waals surface area (Å²) in [6.45, 7) is 2.69. The molecule has 3 aromatic rings. The van der Waals surface area contributed by atoms with E-state index in [2.05, 4.69) is 30.5 Å². The number of benzene rings is 1. The average Bonchev–Trinajstić information content (AvgIpc) is 3.29. The van der Waals surface area contributed by atoms with E-state index < -0.39 is 0 Å². The third-order valence-electron chi connectivity index (χ3n) is 4.24. The topological polar surface area (TPSA) is 120 Å². The van der Waals surface area contributed by atoms with Crippen LogP contribution in [0, 0.1) is 0 Å². The number of carbonyl (C=O) groups is 1. The third-order valence-corrected chi connectivity index (χ3v) is 4.24. The summed E-state index contributed by atoms with van der Waals surface area (Å²) in [5.41, 5.74) is 0.965. The molecule has 2 aromatic heterocycles. The van der Waals surface area contributed by atoms with Crippen molar-refractivity contribution in [3.05, 3.63) is 48.0 Å². The normalized spacial score (nSPS) is 13.9. The Bertz CT molecular complexity index is 972. The van der Waals surface area contributed by atoms with Crippen LogP contribution in [-0.2, 0) is 11.3 Å². The van der Waals surface area contributed by atoms with Gasteiger partial charge in [0.05, 0.1) is 38.8 Å². The van der Waals surface area contributed by atoms with Crippen LogP contribution in [0.15, 0.2) is 36.5 Å². The Balaban J connectivity index is 1.44. The molecule has 150 valence electrons. The summed E-state index contributed by atoms with van der Waals surface area (Å²) < 4.78 is 10.5. The first-order chi connectivity index (χ1) is 14.2. The molecule has 4 rings (SSSR count). The molecule has 0 radical (unpaired) electrons. The number of anilines is 1. The van der Waals surface area contributed by atoms with Crippen molar-refractivity contribution in [2.24, 2.45) is 0 Å². The van der Waals surface area contributed by atoms with Crippen LogP contribution in [0.5, 0.6) is 6.01 Å². The van der Waals surface area contributed by atoms with E-state index in [0.717, 1.165) is 5.69 Å². The van der Waals surface area contributed by atoms with E-state index in [9.17, 15) is 4.79 Å². The molecule has 29 heavy (non-hydrogen) atoms. The molecule has 11 nitrogen and oxygen atoms in total. The van der Waals surface area contributed by atoms with Crippen molar-refractivity contribution in [2.45, 2.75) is 6.54 Å². The molecule has 1 N–H and O–H groups in total. The van der Waals surface area contributed by atoms with Gasteiger partial charge in [-0.15, -0.1) is 5.10 Å². The van der Waals surface area contributed by atoms with Gasteiger partial charge in [-0.2, -0.15) is 24.8 Å². The second kappa shape index (κ2) is 8.61. The second-order valence-electron chi connectivity index (χ2n) is 6.18. The maximum absolute atomic E-state index is 12.4. The van der Waals surface area contributed by atoms with Gasteiger partial charge in [-0.3, -0.25) is 4.79 Å². The maximum atomic E-state index is 12.4. The van der Waals surface area contributed by atoms with Crippen molar-refractivity contribution in [1.82, 2.24) is 35.3 Å². The van der Waals surface area contributed by atoms with E-state index in [4.69, 9.17) is 9.47 Å². The molecule has 0 atom stereocenters. The molecule has 1 fully saturated rings. The predicted octanol–water partition coefficient (Wildman–Crippen LogP) is 0.227. The van der Waals surface area contributed by atoms with E-state index in [1.165, 1.54) is 18.1 Å². The van der Waals surface area contributed by atoms with Gasteiger partial charge in [-0.1, -0.05) is 18.2 Å². The summed E-state index contributed by atoms with van der Waals surface area (Å²) in [5, 5.41) is 11.1. The van der Waals surface area contributed by atoms with E-state index >= 15 is 0 Å².